The van der Waals surface area contributed by atoms with Crippen LogP contribution in [0.25, 0.3) is 0 Å². The van der Waals surface area contributed by atoms with E-state index in [1.165, 1.54) is 30.6 Å². The van der Waals surface area contributed by atoms with Gasteiger partial charge in [-0.2, -0.15) is 0 Å². The summed E-state index contributed by atoms with van der Waals surface area (Å²) in [6.07, 6.45) is 5.43. The zero-order valence-electron chi connectivity index (χ0n) is 9.12. The summed E-state index contributed by atoms with van der Waals surface area (Å²) in [5, 5.41) is 1.19. The van der Waals surface area contributed by atoms with E-state index in [4.69, 9.17) is 0 Å². The lowest BCUT2D eigenvalue weighted by molar-refractivity contribution is 0.102. The smallest absolute Gasteiger partial charge is 0.173 e. The summed E-state index contributed by atoms with van der Waals surface area (Å²) in [7, 11) is 0. The van der Waals surface area contributed by atoms with Gasteiger partial charge in [0.1, 0.15) is 0 Å². The molecule has 0 saturated heterocycles. The molecule has 1 aromatic rings. The number of rotatable bonds is 4. The SMILES string of the molecule is O=C(CBr)c1ccc(SC2CCCC2)cc1. The van der Waals surface area contributed by atoms with Crippen molar-refractivity contribution in [2.24, 2.45) is 0 Å². The average Bonchev–Trinajstić information content (AvgIpc) is 2.82. The van der Waals surface area contributed by atoms with Crippen LogP contribution in [0.5, 0.6) is 0 Å². The Morgan fingerprint density at radius 3 is 2.44 bits per heavy atom. The average molecular weight is 299 g/mol. The fourth-order valence-corrected chi connectivity index (χ4v) is 3.57. The Morgan fingerprint density at radius 1 is 1.25 bits per heavy atom. The van der Waals surface area contributed by atoms with Crippen LogP contribution in [0.3, 0.4) is 0 Å². The highest BCUT2D eigenvalue weighted by Crippen LogP contribution is 2.34. The topological polar surface area (TPSA) is 17.1 Å². The van der Waals surface area contributed by atoms with Crippen LogP contribution in [-0.2, 0) is 0 Å². The van der Waals surface area contributed by atoms with Gasteiger partial charge in [0.15, 0.2) is 5.78 Å². The van der Waals surface area contributed by atoms with Gasteiger partial charge < -0.3 is 0 Å². The van der Waals surface area contributed by atoms with Crippen LogP contribution in [0, 0.1) is 0 Å². The molecule has 86 valence electrons. The maximum Gasteiger partial charge on any atom is 0.173 e. The lowest BCUT2D eigenvalue weighted by Crippen LogP contribution is -1.99. The van der Waals surface area contributed by atoms with E-state index in [-0.39, 0.29) is 5.78 Å². The monoisotopic (exact) mass is 298 g/mol. The highest BCUT2D eigenvalue weighted by atomic mass is 79.9. The van der Waals surface area contributed by atoms with Crippen LogP contribution >= 0.6 is 27.7 Å². The van der Waals surface area contributed by atoms with Gasteiger partial charge >= 0.3 is 0 Å². The number of halogens is 1. The zero-order valence-corrected chi connectivity index (χ0v) is 11.5. The molecule has 1 nitrogen and oxygen atoms in total. The van der Waals surface area contributed by atoms with Crippen molar-refractivity contribution in [1.82, 2.24) is 0 Å². The van der Waals surface area contributed by atoms with Gasteiger partial charge in [0.2, 0.25) is 0 Å². The highest BCUT2D eigenvalue weighted by Gasteiger charge is 2.16. The third-order valence-electron chi connectivity index (χ3n) is 2.90. The molecular weight excluding hydrogens is 284 g/mol. The normalized spacial score (nSPS) is 16.6. The zero-order chi connectivity index (χ0) is 11.4. The minimum Gasteiger partial charge on any atom is -0.293 e. The Balaban J connectivity index is 1.98. The molecule has 0 heterocycles. The van der Waals surface area contributed by atoms with Crippen LogP contribution in [0.1, 0.15) is 36.0 Å². The maximum atomic E-state index is 11.4. The van der Waals surface area contributed by atoms with Gasteiger partial charge in [-0.25, -0.2) is 0 Å². The van der Waals surface area contributed by atoms with Crippen molar-refractivity contribution in [2.45, 2.75) is 35.8 Å². The first-order valence-corrected chi connectivity index (χ1v) is 7.65. The summed E-state index contributed by atoms with van der Waals surface area (Å²) in [5.74, 6) is 0.150. The van der Waals surface area contributed by atoms with Crippen LogP contribution in [-0.4, -0.2) is 16.4 Å². The molecule has 0 amide bonds. The minimum atomic E-state index is 0.150. The first kappa shape index (κ1) is 12.2. The van der Waals surface area contributed by atoms with E-state index in [1.54, 1.807) is 0 Å². The van der Waals surface area contributed by atoms with Crippen LogP contribution in [0.4, 0.5) is 0 Å². The van der Waals surface area contributed by atoms with Crippen molar-refractivity contribution in [3.8, 4) is 0 Å². The number of thioether (sulfide) groups is 1. The van der Waals surface area contributed by atoms with Gasteiger partial charge in [0.05, 0.1) is 5.33 Å². The van der Waals surface area contributed by atoms with Gasteiger partial charge in [-0.3, -0.25) is 4.79 Å². The number of carbonyl (C=O) groups is 1. The number of carbonyl (C=O) groups excluding carboxylic acids is 1. The predicted octanol–water partition coefficient (Wildman–Crippen LogP) is 4.30. The van der Waals surface area contributed by atoms with Gasteiger partial charge in [0, 0.05) is 15.7 Å². The first-order chi connectivity index (χ1) is 7.79. The lowest BCUT2D eigenvalue weighted by atomic mass is 10.2. The number of benzene rings is 1. The molecular formula is C13H15BrOS. The highest BCUT2D eigenvalue weighted by molar-refractivity contribution is 9.09. The summed E-state index contributed by atoms with van der Waals surface area (Å²) in [6, 6.07) is 8.00. The number of ketones is 1. The molecule has 0 bridgehead atoms. The second kappa shape index (κ2) is 5.87. The van der Waals surface area contributed by atoms with Crippen LogP contribution in [0.2, 0.25) is 0 Å². The third kappa shape index (κ3) is 3.11. The number of alkyl halides is 1. The Bertz CT molecular complexity index is 355. The molecule has 3 heteroatoms. The number of Topliss-reactive ketones (excluding diaryl/α,β-unsaturated/α-hetero) is 1. The van der Waals surface area contributed by atoms with Crippen LogP contribution in [0.15, 0.2) is 29.2 Å². The molecule has 1 aliphatic carbocycles. The summed E-state index contributed by atoms with van der Waals surface area (Å²) in [5.41, 5.74) is 0.799. The fourth-order valence-electron chi connectivity index (χ4n) is 2.00. The number of hydrogen-bond acceptors (Lipinski definition) is 2. The number of hydrogen-bond donors (Lipinski definition) is 0. The Kier molecular flexibility index (Phi) is 4.47. The standard InChI is InChI=1S/C13H15BrOS/c14-9-13(15)10-5-7-12(8-6-10)16-11-3-1-2-4-11/h5-8,11H,1-4,9H2. The van der Waals surface area contributed by atoms with Gasteiger partial charge in [-0.15, -0.1) is 11.8 Å². The lowest BCUT2D eigenvalue weighted by Gasteiger charge is -2.08. The molecule has 1 fully saturated rings. The quantitative estimate of drug-likeness (QED) is 0.609. The van der Waals surface area contributed by atoms with E-state index in [0.29, 0.717) is 5.33 Å². The summed E-state index contributed by atoms with van der Waals surface area (Å²) >= 11 is 5.14. The Morgan fingerprint density at radius 2 is 1.88 bits per heavy atom. The second-order valence-electron chi connectivity index (χ2n) is 4.11. The maximum absolute atomic E-state index is 11.4. The molecule has 1 aliphatic rings. The van der Waals surface area contributed by atoms with Crippen LogP contribution < -0.4 is 0 Å². The molecule has 1 aromatic carbocycles. The summed E-state index contributed by atoms with van der Waals surface area (Å²) in [4.78, 5) is 12.7. The van der Waals surface area contributed by atoms with Crippen molar-refractivity contribution < 1.29 is 4.79 Å². The molecule has 16 heavy (non-hydrogen) atoms. The second-order valence-corrected chi connectivity index (χ2v) is 6.04. The van der Waals surface area contributed by atoms with Gasteiger partial charge in [-0.1, -0.05) is 40.9 Å². The van der Waals surface area contributed by atoms with E-state index in [1.807, 2.05) is 23.9 Å². The summed E-state index contributed by atoms with van der Waals surface area (Å²) in [6.45, 7) is 0. The molecule has 0 atom stereocenters. The molecule has 1 saturated carbocycles. The predicted molar refractivity (Wildman–Crippen MR) is 72.7 cm³/mol. The minimum absolute atomic E-state index is 0.150. The first-order valence-electron chi connectivity index (χ1n) is 5.65. The Labute approximate surface area is 109 Å². The molecule has 0 aliphatic heterocycles. The van der Waals surface area contributed by atoms with Gasteiger partial charge in [-0.05, 0) is 25.0 Å². The molecule has 0 aromatic heterocycles. The fraction of sp³-hybridized carbons (Fsp3) is 0.462. The molecule has 2 rings (SSSR count). The van der Waals surface area contributed by atoms with E-state index in [2.05, 4.69) is 28.1 Å². The molecule has 0 N–H and O–H groups in total. The van der Waals surface area contributed by atoms with E-state index in [0.717, 1.165) is 10.8 Å². The van der Waals surface area contributed by atoms with E-state index in [9.17, 15) is 4.79 Å². The molecule has 0 radical (unpaired) electrons. The van der Waals surface area contributed by atoms with Gasteiger partial charge in [0.25, 0.3) is 0 Å². The third-order valence-corrected chi connectivity index (χ3v) is 4.76. The Hall–Kier alpha value is -0.280. The van der Waals surface area contributed by atoms with Crippen molar-refractivity contribution in [3.63, 3.8) is 0 Å². The van der Waals surface area contributed by atoms with E-state index < -0.39 is 0 Å². The van der Waals surface area contributed by atoms with Crippen molar-refractivity contribution in [1.29, 1.82) is 0 Å². The van der Waals surface area contributed by atoms with E-state index >= 15 is 0 Å². The molecule has 0 spiro atoms. The van der Waals surface area contributed by atoms with Crippen molar-refractivity contribution in [2.75, 3.05) is 5.33 Å². The summed E-state index contributed by atoms with van der Waals surface area (Å²) < 4.78 is 0. The van der Waals surface area contributed by atoms with Crippen molar-refractivity contribution >= 4 is 33.5 Å². The largest absolute Gasteiger partial charge is 0.293 e. The molecule has 0 unspecified atom stereocenters. The van der Waals surface area contributed by atoms with Crippen molar-refractivity contribution in [3.05, 3.63) is 29.8 Å².